The van der Waals surface area contributed by atoms with Crippen LogP contribution in [0.3, 0.4) is 0 Å². The first-order chi connectivity index (χ1) is 9.04. The fourth-order valence-corrected chi connectivity index (χ4v) is 1.99. The first-order valence-electron chi connectivity index (χ1n) is 5.96. The van der Waals surface area contributed by atoms with Crippen molar-refractivity contribution in [1.82, 2.24) is 20.1 Å². The van der Waals surface area contributed by atoms with E-state index in [1.54, 1.807) is 29.9 Å². The van der Waals surface area contributed by atoms with Crippen LogP contribution in [-0.4, -0.2) is 27.2 Å². The number of aryl methyl sites for hydroxylation is 2. The van der Waals surface area contributed by atoms with Crippen molar-refractivity contribution in [1.29, 1.82) is 0 Å². The van der Waals surface area contributed by atoms with E-state index in [1.807, 2.05) is 13.1 Å². The summed E-state index contributed by atoms with van der Waals surface area (Å²) in [5, 5.41) is 7.30. The molecule has 0 unspecified atom stereocenters. The van der Waals surface area contributed by atoms with E-state index in [1.165, 1.54) is 0 Å². The van der Waals surface area contributed by atoms with Crippen LogP contribution in [-0.2, 0) is 6.54 Å². The second-order valence-corrected chi connectivity index (χ2v) is 4.74. The molecule has 1 N–H and O–H groups in total. The van der Waals surface area contributed by atoms with E-state index in [9.17, 15) is 4.79 Å². The summed E-state index contributed by atoms with van der Waals surface area (Å²) >= 11 is 5.82. The van der Waals surface area contributed by atoms with Gasteiger partial charge in [0.25, 0.3) is 5.91 Å². The molecule has 0 bridgehead atoms. The molecule has 0 aliphatic heterocycles. The number of hydrogen-bond donors (Lipinski definition) is 1. The van der Waals surface area contributed by atoms with E-state index in [0.29, 0.717) is 23.8 Å². The second-order valence-electron chi connectivity index (χ2n) is 4.36. The summed E-state index contributed by atoms with van der Waals surface area (Å²) < 4.78 is 1.79. The standard InChI is InChI=1S/C13H15ClN4O/c1-9-7-16-18(8-9)4-3-15-13(19)11-5-10(2)17-12(14)6-11/h5-8H,3-4H2,1-2H3,(H,15,19). The van der Waals surface area contributed by atoms with E-state index in [-0.39, 0.29) is 5.91 Å². The maximum atomic E-state index is 11.9. The molecule has 2 aromatic rings. The zero-order valence-electron chi connectivity index (χ0n) is 10.9. The molecule has 2 aromatic heterocycles. The fourth-order valence-electron chi connectivity index (χ4n) is 1.73. The summed E-state index contributed by atoms with van der Waals surface area (Å²) in [6, 6.07) is 3.27. The van der Waals surface area contributed by atoms with Gasteiger partial charge in [-0.25, -0.2) is 4.98 Å². The molecule has 0 atom stereocenters. The number of hydrogen-bond acceptors (Lipinski definition) is 3. The monoisotopic (exact) mass is 278 g/mol. The van der Waals surface area contributed by atoms with Crippen LogP contribution in [0.1, 0.15) is 21.6 Å². The Balaban J connectivity index is 1.90. The summed E-state index contributed by atoms with van der Waals surface area (Å²) in [5.74, 6) is -0.156. The molecule has 6 heteroatoms. The third kappa shape index (κ3) is 3.79. The summed E-state index contributed by atoms with van der Waals surface area (Å²) in [5.41, 5.74) is 2.34. The highest BCUT2D eigenvalue weighted by atomic mass is 35.5. The molecule has 19 heavy (non-hydrogen) atoms. The van der Waals surface area contributed by atoms with Gasteiger partial charge in [-0.3, -0.25) is 9.48 Å². The van der Waals surface area contributed by atoms with Gasteiger partial charge in [0.15, 0.2) is 0 Å². The summed E-state index contributed by atoms with van der Waals surface area (Å²) in [4.78, 5) is 15.9. The normalized spacial score (nSPS) is 10.5. The van der Waals surface area contributed by atoms with Crippen LogP contribution in [0.2, 0.25) is 5.15 Å². The van der Waals surface area contributed by atoms with Crippen LogP contribution in [0.5, 0.6) is 0 Å². The largest absolute Gasteiger partial charge is 0.350 e. The highest BCUT2D eigenvalue weighted by Crippen LogP contribution is 2.10. The number of carbonyl (C=O) groups excluding carboxylic acids is 1. The maximum absolute atomic E-state index is 11.9. The molecule has 1 amide bonds. The van der Waals surface area contributed by atoms with Crippen LogP contribution in [0.15, 0.2) is 24.5 Å². The zero-order chi connectivity index (χ0) is 13.8. The SMILES string of the molecule is Cc1cnn(CCNC(=O)c2cc(C)nc(Cl)c2)c1. The molecular weight excluding hydrogens is 264 g/mol. The van der Waals surface area contributed by atoms with Crippen molar-refractivity contribution in [3.05, 3.63) is 46.5 Å². The quantitative estimate of drug-likeness (QED) is 0.870. The summed E-state index contributed by atoms with van der Waals surface area (Å²) in [7, 11) is 0. The Morgan fingerprint density at radius 1 is 1.42 bits per heavy atom. The molecule has 0 fully saturated rings. The van der Waals surface area contributed by atoms with Crippen LogP contribution in [0.25, 0.3) is 0 Å². The van der Waals surface area contributed by atoms with Gasteiger partial charge < -0.3 is 5.32 Å². The van der Waals surface area contributed by atoms with Gasteiger partial charge in [-0.2, -0.15) is 5.10 Å². The van der Waals surface area contributed by atoms with Crippen molar-refractivity contribution in [2.45, 2.75) is 20.4 Å². The van der Waals surface area contributed by atoms with E-state index in [0.717, 1.165) is 11.3 Å². The van der Waals surface area contributed by atoms with Crippen LogP contribution in [0, 0.1) is 13.8 Å². The molecule has 0 aromatic carbocycles. The number of halogens is 1. The number of aromatic nitrogens is 3. The Morgan fingerprint density at radius 2 is 2.21 bits per heavy atom. The lowest BCUT2D eigenvalue weighted by Gasteiger charge is -2.06. The number of amides is 1. The predicted molar refractivity (Wildman–Crippen MR) is 73.3 cm³/mol. The minimum Gasteiger partial charge on any atom is -0.350 e. The molecule has 5 nitrogen and oxygen atoms in total. The first kappa shape index (κ1) is 13.5. The lowest BCUT2D eigenvalue weighted by molar-refractivity contribution is 0.0951. The average Bonchev–Trinajstić information content (AvgIpc) is 2.73. The average molecular weight is 279 g/mol. The van der Waals surface area contributed by atoms with E-state index < -0.39 is 0 Å². The topological polar surface area (TPSA) is 59.8 Å². The van der Waals surface area contributed by atoms with E-state index >= 15 is 0 Å². The van der Waals surface area contributed by atoms with Gasteiger partial charge in [0, 0.05) is 24.0 Å². The molecule has 0 radical (unpaired) electrons. The van der Waals surface area contributed by atoms with Crippen LogP contribution >= 0.6 is 11.6 Å². The summed E-state index contributed by atoms with van der Waals surface area (Å²) in [6.45, 7) is 4.93. The van der Waals surface area contributed by atoms with Gasteiger partial charge in [-0.05, 0) is 31.5 Å². The Labute approximate surface area is 116 Å². The lowest BCUT2D eigenvalue weighted by atomic mass is 10.2. The van der Waals surface area contributed by atoms with Gasteiger partial charge >= 0.3 is 0 Å². The Hall–Kier alpha value is -1.88. The smallest absolute Gasteiger partial charge is 0.251 e. The molecule has 2 heterocycles. The molecule has 2 rings (SSSR count). The Bertz CT molecular complexity index is 574. The van der Waals surface area contributed by atoms with Gasteiger partial charge in [0.05, 0.1) is 12.7 Å². The van der Waals surface area contributed by atoms with Gasteiger partial charge in [0.2, 0.25) is 0 Å². The van der Waals surface area contributed by atoms with Gasteiger partial charge in [-0.15, -0.1) is 0 Å². The van der Waals surface area contributed by atoms with Gasteiger partial charge in [-0.1, -0.05) is 11.6 Å². The van der Waals surface area contributed by atoms with Gasteiger partial charge in [0.1, 0.15) is 5.15 Å². The minimum absolute atomic E-state index is 0.156. The lowest BCUT2D eigenvalue weighted by Crippen LogP contribution is -2.27. The number of rotatable bonds is 4. The number of carbonyl (C=O) groups is 1. The highest BCUT2D eigenvalue weighted by Gasteiger charge is 2.07. The molecular formula is C13H15ClN4O. The van der Waals surface area contributed by atoms with Crippen molar-refractivity contribution in [2.75, 3.05) is 6.54 Å². The number of nitrogens with zero attached hydrogens (tertiary/aromatic N) is 3. The van der Waals surface area contributed by atoms with E-state index in [4.69, 9.17) is 11.6 Å². The van der Waals surface area contributed by atoms with Crippen molar-refractivity contribution < 1.29 is 4.79 Å². The molecule has 0 saturated carbocycles. The molecule has 0 aliphatic rings. The Morgan fingerprint density at radius 3 is 2.84 bits per heavy atom. The minimum atomic E-state index is -0.156. The fraction of sp³-hybridized carbons (Fsp3) is 0.308. The number of nitrogens with one attached hydrogen (secondary N) is 1. The van der Waals surface area contributed by atoms with Crippen molar-refractivity contribution >= 4 is 17.5 Å². The molecule has 0 spiro atoms. The van der Waals surface area contributed by atoms with Crippen molar-refractivity contribution in [2.24, 2.45) is 0 Å². The van der Waals surface area contributed by atoms with Crippen LogP contribution in [0.4, 0.5) is 0 Å². The second kappa shape index (κ2) is 5.84. The molecule has 0 saturated heterocycles. The first-order valence-corrected chi connectivity index (χ1v) is 6.34. The highest BCUT2D eigenvalue weighted by molar-refractivity contribution is 6.29. The summed E-state index contributed by atoms with van der Waals surface area (Å²) in [6.07, 6.45) is 3.72. The maximum Gasteiger partial charge on any atom is 0.251 e. The Kier molecular flexibility index (Phi) is 4.16. The van der Waals surface area contributed by atoms with E-state index in [2.05, 4.69) is 15.4 Å². The van der Waals surface area contributed by atoms with Crippen LogP contribution < -0.4 is 5.32 Å². The molecule has 100 valence electrons. The van der Waals surface area contributed by atoms with Crippen molar-refractivity contribution in [3.63, 3.8) is 0 Å². The number of pyridine rings is 1. The zero-order valence-corrected chi connectivity index (χ0v) is 11.6. The molecule has 0 aliphatic carbocycles. The third-order valence-electron chi connectivity index (χ3n) is 2.57. The third-order valence-corrected chi connectivity index (χ3v) is 2.77. The van der Waals surface area contributed by atoms with Crippen molar-refractivity contribution in [3.8, 4) is 0 Å². The predicted octanol–water partition coefficient (Wildman–Crippen LogP) is 1.98.